The zero-order chi connectivity index (χ0) is 44.9. The number of carbonyl (C=O) groups is 2. The standard InChI is InChI=1S/2C22H28FN3O4S/c2*1-16(2)15-21(25-31(28,29)20-9-3-17(23)4-10-20)22(27)24-18-5-7-19(8-6-18)26-11-13-30-14-12-26/h2*3-10,16,21,25H,11-15H2,1-2H3,(H,24,27)/t2*21-/m00/s1. The lowest BCUT2D eigenvalue weighted by molar-refractivity contribution is -0.118. The normalized spacial score (nSPS) is 15.7. The van der Waals surface area contributed by atoms with Gasteiger partial charge in [-0.05, 0) is 122 Å². The molecule has 0 unspecified atom stereocenters. The van der Waals surface area contributed by atoms with Crippen molar-refractivity contribution in [1.82, 2.24) is 9.44 Å². The fourth-order valence-electron chi connectivity index (χ4n) is 6.71. The van der Waals surface area contributed by atoms with Gasteiger partial charge in [-0.15, -0.1) is 0 Å². The Hall–Kier alpha value is -4.98. The molecule has 0 radical (unpaired) electrons. The highest BCUT2D eigenvalue weighted by Gasteiger charge is 2.28. The number of halogens is 2. The van der Waals surface area contributed by atoms with Crippen molar-refractivity contribution in [2.75, 3.05) is 73.0 Å². The molecule has 2 fully saturated rings. The van der Waals surface area contributed by atoms with Gasteiger partial charge in [0.1, 0.15) is 23.7 Å². The summed E-state index contributed by atoms with van der Waals surface area (Å²) in [6.07, 6.45) is 0.635. The molecule has 2 amide bonds. The molecule has 0 saturated carbocycles. The Morgan fingerprint density at radius 3 is 1.13 bits per heavy atom. The summed E-state index contributed by atoms with van der Waals surface area (Å²) in [4.78, 5) is 30.0. The van der Waals surface area contributed by atoms with Crippen molar-refractivity contribution in [3.05, 3.63) is 109 Å². The largest absolute Gasteiger partial charge is 0.378 e. The number of carbonyl (C=O) groups excluding carboxylic acids is 2. The van der Waals surface area contributed by atoms with Gasteiger partial charge >= 0.3 is 0 Å². The van der Waals surface area contributed by atoms with Crippen LogP contribution in [0.5, 0.6) is 0 Å². The van der Waals surface area contributed by atoms with Crippen LogP contribution in [0.1, 0.15) is 40.5 Å². The Bertz CT molecular complexity index is 2110. The number of sulfonamides is 2. The Morgan fingerprint density at radius 1 is 0.532 bits per heavy atom. The number of rotatable bonds is 16. The number of benzene rings is 4. The van der Waals surface area contributed by atoms with Crippen molar-refractivity contribution in [3.63, 3.8) is 0 Å². The number of amides is 2. The third-order valence-corrected chi connectivity index (χ3v) is 12.9. The Kier molecular flexibility index (Phi) is 17.4. The molecule has 0 spiro atoms. The van der Waals surface area contributed by atoms with E-state index in [4.69, 9.17) is 9.47 Å². The molecule has 18 heteroatoms. The molecule has 336 valence electrons. The summed E-state index contributed by atoms with van der Waals surface area (Å²) in [7, 11) is -7.95. The molecular formula is C44H56F2N6O8S2. The van der Waals surface area contributed by atoms with Gasteiger partial charge in [-0.1, -0.05) is 27.7 Å². The average Bonchev–Trinajstić information content (AvgIpc) is 3.24. The van der Waals surface area contributed by atoms with E-state index in [1.165, 1.54) is 24.3 Å². The number of nitrogens with zero attached hydrogens (tertiary/aromatic N) is 2. The predicted octanol–water partition coefficient (Wildman–Crippen LogP) is 5.99. The minimum absolute atomic E-state index is 0.0790. The molecule has 62 heavy (non-hydrogen) atoms. The van der Waals surface area contributed by atoms with Crippen LogP contribution >= 0.6 is 0 Å². The number of ether oxygens (including phenoxy) is 2. The first-order valence-corrected chi connectivity index (χ1v) is 23.5. The maximum absolute atomic E-state index is 13.1. The molecule has 4 aromatic carbocycles. The molecule has 2 saturated heterocycles. The van der Waals surface area contributed by atoms with Crippen molar-refractivity contribution in [3.8, 4) is 0 Å². The van der Waals surface area contributed by atoms with Gasteiger partial charge in [0.2, 0.25) is 31.9 Å². The monoisotopic (exact) mass is 898 g/mol. The van der Waals surface area contributed by atoms with Crippen LogP contribution in [0.15, 0.2) is 107 Å². The second kappa shape index (κ2) is 22.4. The molecule has 6 rings (SSSR count). The lowest BCUT2D eigenvalue weighted by atomic mass is 10.0. The molecule has 0 bridgehead atoms. The number of morpholine rings is 2. The molecule has 2 aliphatic rings. The number of anilines is 4. The SMILES string of the molecule is CC(C)C[C@H](NS(=O)(=O)c1ccc(F)cc1)C(=O)Nc1ccc(N2CCOCC2)cc1.CC(C)C[C@H](NS(=O)(=O)c1ccc(F)cc1)C(=O)Nc1ccc(N2CCOCC2)cc1. The second-order valence-electron chi connectivity index (χ2n) is 15.8. The van der Waals surface area contributed by atoms with Crippen molar-refractivity contribution < 1.29 is 44.7 Å². The molecule has 2 heterocycles. The molecule has 4 aromatic rings. The summed E-state index contributed by atoms with van der Waals surface area (Å²) in [5.41, 5.74) is 3.24. The van der Waals surface area contributed by atoms with E-state index in [0.29, 0.717) is 50.6 Å². The van der Waals surface area contributed by atoms with E-state index in [2.05, 4.69) is 29.9 Å². The molecule has 14 nitrogen and oxygen atoms in total. The number of nitrogens with one attached hydrogen (secondary N) is 4. The van der Waals surface area contributed by atoms with Gasteiger partial charge in [-0.3, -0.25) is 9.59 Å². The van der Waals surface area contributed by atoms with Gasteiger partial charge in [0.15, 0.2) is 0 Å². The molecular weight excluding hydrogens is 843 g/mol. The van der Waals surface area contributed by atoms with Crippen molar-refractivity contribution >= 4 is 54.6 Å². The highest BCUT2D eigenvalue weighted by molar-refractivity contribution is 7.89. The summed E-state index contributed by atoms with van der Waals surface area (Å²) in [5.74, 6) is -1.80. The van der Waals surface area contributed by atoms with Crippen LogP contribution in [0.3, 0.4) is 0 Å². The maximum Gasteiger partial charge on any atom is 0.242 e. The van der Waals surface area contributed by atoms with Crippen molar-refractivity contribution in [1.29, 1.82) is 0 Å². The first-order valence-electron chi connectivity index (χ1n) is 20.5. The Morgan fingerprint density at radius 2 is 0.839 bits per heavy atom. The van der Waals surface area contributed by atoms with Gasteiger partial charge in [-0.25, -0.2) is 25.6 Å². The molecule has 0 aromatic heterocycles. The summed E-state index contributed by atoms with van der Waals surface area (Å²) in [5, 5.41) is 5.58. The van der Waals surface area contributed by atoms with Crippen LogP contribution in [-0.2, 0) is 39.1 Å². The quantitative estimate of drug-likeness (QED) is 0.105. The Labute approximate surface area is 363 Å². The summed E-state index contributed by atoms with van der Waals surface area (Å²) in [6, 6.07) is 21.9. The van der Waals surface area contributed by atoms with Crippen LogP contribution in [0.25, 0.3) is 0 Å². The smallest absolute Gasteiger partial charge is 0.242 e. The lowest BCUT2D eigenvalue weighted by Crippen LogP contribution is -2.44. The van der Waals surface area contributed by atoms with E-state index in [1.807, 2.05) is 52.0 Å². The second-order valence-corrected chi connectivity index (χ2v) is 19.2. The highest BCUT2D eigenvalue weighted by atomic mass is 32.2. The molecule has 2 aliphatic heterocycles. The third kappa shape index (κ3) is 14.6. The van der Waals surface area contributed by atoms with Gasteiger partial charge in [-0.2, -0.15) is 9.44 Å². The van der Waals surface area contributed by atoms with Crippen LogP contribution in [0, 0.1) is 23.5 Å². The van der Waals surface area contributed by atoms with E-state index in [9.17, 15) is 35.2 Å². The summed E-state index contributed by atoms with van der Waals surface area (Å²) >= 11 is 0. The van der Waals surface area contributed by atoms with Crippen LogP contribution in [0.2, 0.25) is 0 Å². The summed E-state index contributed by atoms with van der Waals surface area (Å²) < 4.78 is 92.6. The van der Waals surface area contributed by atoms with Gasteiger partial charge in [0.05, 0.1) is 36.2 Å². The summed E-state index contributed by atoms with van der Waals surface area (Å²) in [6.45, 7) is 13.6. The molecule has 2 atom stereocenters. The van der Waals surface area contributed by atoms with Crippen molar-refractivity contribution in [2.45, 2.75) is 62.4 Å². The molecule has 4 N–H and O–H groups in total. The fourth-order valence-corrected chi connectivity index (χ4v) is 9.13. The van der Waals surface area contributed by atoms with E-state index >= 15 is 0 Å². The number of hydrogen-bond donors (Lipinski definition) is 4. The minimum atomic E-state index is -3.98. The fraction of sp³-hybridized carbons (Fsp3) is 0.409. The predicted molar refractivity (Wildman–Crippen MR) is 236 cm³/mol. The first-order chi connectivity index (χ1) is 29.5. The van der Waals surface area contributed by atoms with Crippen LogP contribution in [-0.4, -0.2) is 93.3 Å². The zero-order valence-corrected chi connectivity index (χ0v) is 37.0. The van der Waals surface area contributed by atoms with E-state index in [-0.39, 0.29) is 21.6 Å². The third-order valence-electron chi connectivity index (χ3n) is 9.91. The van der Waals surface area contributed by atoms with Crippen LogP contribution in [0.4, 0.5) is 31.5 Å². The zero-order valence-electron chi connectivity index (χ0n) is 35.4. The van der Waals surface area contributed by atoms with E-state index < -0.39 is 55.6 Å². The van der Waals surface area contributed by atoms with Crippen molar-refractivity contribution in [2.24, 2.45) is 11.8 Å². The van der Waals surface area contributed by atoms with E-state index in [0.717, 1.165) is 61.8 Å². The van der Waals surface area contributed by atoms with Gasteiger partial charge < -0.3 is 29.9 Å². The molecule has 0 aliphatic carbocycles. The topological polar surface area (TPSA) is 175 Å². The lowest BCUT2D eigenvalue weighted by Gasteiger charge is -2.29. The van der Waals surface area contributed by atoms with Gasteiger partial charge in [0.25, 0.3) is 0 Å². The van der Waals surface area contributed by atoms with E-state index in [1.54, 1.807) is 24.3 Å². The van der Waals surface area contributed by atoms with Crippen LogP contribution < -0.4 is 29.9 Å². The first kappa shape index (κ1) is 48.1. The average molecular weight is 899 g/mol. The number of hydrogen-bond acceptors (Lipinski definition) is 10. The maximum atomic E-state index is 13.1. The minimum Gasteiger partial charge on any atom is -0.378 e. The Balaban J connectivity index is 0.000000234. The van der Waals surface area contributed by atoms with Gasteiger partial charge in [0, 0.05) is 48.9 Å². The highest BCUT2D eigenvalue weighted by Crippen LogP contribution is 2.22.